The maximum Gasteiger partial charge on any atom is 0.508 e. The Hall–Kier alpha value is -1.46. The molecule has 0 aliphatic heterocycles. The van der Waals surface area contributed by atoms with Gasteiger partial charge in [0.1, 0.15) is 11.7 Å². The van der Waals surface area contributed by atoms with Gasteiger partial charge in [0, 0.05) is 6.42 Å². The molecule has 7 atom stereocenters. The first-order valence-electron chi connectivity index (χ1n) is 19.6. The number of allylic oxidation sites excluding steroid dienone is 4. The fourth-order valence-corrected chi connectivity index (χ4v) is 11.1. The lowest BCUT2D eigenvalue weighted by molar-refractivity contribution is -0.0301. The molecule has 50 heavy (non-hydrogen) atoms. The van der Waals surface area contributed by atoms with Gasteiger partial charge in [0.2, 0.25) is 0 Å². The molecular weight excluding hydrogens is 657 g/mol. The molecule has 0 aromatic carbocycles. The number of hydrogen-bond acceptors (Lipinski definition) is 6. The maximum atomic E-state index is 12.0. The van der Waals surface area contributed by atoms with Crippen molar-refractivity contribution in [3.8, 4) is 0 Å². The zero-order valence-electron chi connectivity index (χ0n) is 34.0. The van der Waals surface area contributed by atoms with Crippen LogP contribution in [-0.4, -0.2) is 58.4 Å². The number of rotatable bonds is 11. The third-order valence-corrected chi connectivity index (χ3v) is 22.9. The molecule has 0 spiro atoms. The minimum Gasteiger partial charge on any atom is -0.435 e. The SMILES string of the molecule is C=C1/C(=C\C=C2/CCC[C@]3(C)[C@@H]([C@H](C)/C=C/[C@H](O)C4(OC(=O)OCC)CC4)CC[C@@H]23)C[C@@H](O[Si](C)(C)C(C)(C)C)C[C@@H]1O[Si](C)(C)C(C)(C)C. The lowest BCUT2D eigenvalue weighted by Crippen LogP contribution is -2.49. The highest BCUT2D eigenvalue weighted by Crippen LogP contribution is 2.60. The molecular formula is C42H72O6Si2. The highest BCUT2D eigenvalue weighted by atomic mass is 28.4. The summed E-state index contributed by atoms with van der Waals surface area (Å²) in [7, 11) is -3.99. The summed E-state index contributed by atoms with van der Waals surface area (Å²) in [6.07, 6.45) is 16.5. The van der Waals surface area contributed by atoms with Gasteiger partial charge in [-0.05, 0) is 129 Å². The van der Waals surface area contributed by atoms with Crippen molar-refractivity contribution in [2.75, 3.05) is 6.61 Å². The number of fused-ring (bicyclic) bond motifs is 1. The van der Waals surface area contributed by atoms with Crippen molar-refractivity contribution in [3.05, 3.63) is 47.6 Å². The number of ether oxygens (including phenoxy) is 2. The molecule has 8 heteroatoms. The lowest BCUT2D eigenvalue weighted by atomic mass is 9.61. The van der Waals surface area contributed by atoms with Gasteiger partial charge in [-0.15, -0.1) is 0 Å². The van der Waals surface area contributed by atoms with Crippen molar-refractivity contribution < 1.29 is 28.2 Å². The second kappa shape index (κ2) is 15.1. The van der Waals surface area contributed by atoms with Crippen molar-refractivity contribution in [1.29, 1.82) is 0 Å². The Labute approximate surface area is 307 Å². The van der Waals surface area contributed by atoms with E-state index in [4.69, 9.17) is 18.3 Å². The Kier molecular flexibility index (Phi) is 12.5. The van der Waals surface area contributed by atoms with Crippen LogP contribution < -0.4 is 0 Å². The molecule has 0 amide bonds. The van der Waals surface area contributed by atoms with Crippen molar-refractivity contribution >= 4 is 22.8 Å². The standard InChI is InChI=1S/C42H72O6Si2/c1-15-45-38(44)46-42(25-26-42)37(43)23-18-29(2)34-21-22-35-31(17-16-24-41(34,35)10)19-20-32-27-33(47-49(11,12)39(4,5)6)28-36(30(32)3)48-50(13,14)40(7,8)9/h18-20,23,29,33-37,43H,3,15-17,21-22,24-28H2,1-2,4-14H3/b23-18+,31-19+,32-20-/t29-,33-,34-,35+,36+,37+,41-/m1/s1. The van der Waals surface area contributed by atoms with Gasteiger partial charge >= 0.3 is 6.16 Å². The highest BCUT2D eigenvalue weighted by molar-refractivity contribution is 6.74. The minimum atomic E-state index is -2.02. The summed E-state index contributed by atoms with van der Waals surface area (Å²) < 4.78 is 24.7. The van der Waals surface area contributed by atoms with Crippen molar-refractivity contribution in [2.45, 2.75) is 180 Å². The third-order valence-electron chi connectivity index (χ3n) is 13.8. The molecule has 0 unspecified atom stereocenters. The molecule has 6 nitrogen and oxygen atoms in total. The fourth-order valence-electron chi connectivity index (χ4n) is 8.39. The van der Waals surface area contributed by atoms with E-state index in [1.54, 1.807) is 12.5 Å². The molecule has 0 aromatic rings. The molecule has 4 rings (SSSR count). The average molecular weight is 729 g/mol. The Morgan fingerprint density at radius 1 is 0.980 bits per heavy atom. The molecule has 1 N–H and O–H groups in total. The summed E-state index contributed by atoms with van der Waals surface area (Å²) in [5.74, 6) is 1.40. The van der Waals surface area contributed by atoms with Gasteiger partial charge in [-0.25, -0.2) is 4.79 Å². The van der Waals surface area contributed by atoms with Gasteiger partial charge in [-0.1, -0.05) is 91.8 Å². The predicted molar refractivity (Wildman–Crippen MR) is 211 cm³/mol. The number of aliphatic hydroxyl groups excluding tert-OH is 1. The van der Waals surface area contributed by atoms with Gasteiger partial charge in [-0.2, -0.15) is 0 Å². The second-order valence-corrected chi connectivity index (χ2v) is 28.9. The van der Waals surface area contributed by atoms with Crippen molar-refractivity contribution in [1.82, 2.24) is 0 Å². The van der Waals surface area contributed by atoms with Gasteiger partial charge < -0.3 is 23.4 Å². The molecule has 0 heterocycles. The molecule has 4 saturated carbocycles. The van der Waals surface area contributed by atoms with Gasteiger partial charge in [0.05, 0.1) is 18.8 Å². The van der Waals surface area contributed by atoms with Crippen LogP contribution in [0, 0.1) is 23.2 Å². The molecule has 0 saturated heterocycles. The zero-order valence-corrected chi connectivity index (χ0v) is 36.0. The molecule has 4 fully saturated rings. The van der Waals surface area contributed by atoms with E-state index in [2.05, 4.69) is 106 Å². The minimum absolute atomic E-state index is 0.0167. The van der Waals surface area contributed by atoms with Crippen LogP contribution in [0.25, 0.3) is 0 Å². The quantitative estimate of drug-likeness (QED) is 0.130. The summed E-state index contributed by atoms with van der Waals surface area (Å²) >= 11 is 0. The van der Waals surface area contributed by atoms with Crippen LogP contribution in [-0.2, 0) is 18.3 Å². The van der Waals surface area contributed by atoms with Crippen LogP contribution >= 0.6 is 0 Å². The molecule has 4 aliphatic rings. The van der Waals surface area contributed by atoms with E-state index in [1.165, 1.54) is 31.3 Å². The van der Waals surface area contributed by atoms with Gasteiger partial charge in [0.15, 0.2) is 16.6 Å². The van der Waals surface area contributed by atoms with E-state index in [0.717, 1.165) is 24.8 Å². The van der Waals surface area contributed by atoms with E-state index in [-0.39, 0.29) is 34.3 Å². The Bertz CT molecular complexity index is 1330. The molecule has 0 radical (unpaired) electrons. The summed E-state index contributed by atoms with van der Waals surface area (Å²) in [6.45, 7) is 34.8. The third kappa shape index (κ3) is 9.00. The smallest absolute Gasteiger partial charge is 0.435 e. The number of hydrogen-bond donors (Lipinski definition) is 1. The zero-order chi connectivity index (χ0) is 37.5. The predicted octanol–water partition coefficient (Wildman–Crippen LogP) is 11.4. The van der Waals surface area contributed by atoms with Gasteiger partial charge in [-0.3, -0.25) is 0 Å². The van der Waals surface area contributed by atoms with Crippen molar-refractivity contribution in [3.63, 3.8) is 0 Å². The summed E-state index contributed by atoms with van der Waals surface area (Å²) in [6, 6.07) is 0. The number of aliphatic hydroxyl groups is 1. The van der Waals surface area contributed by atoms with E-state index >= 15 is 0 Å². The monoisotopic (exact) mass is 728 g/mol. The van der Waals surface area contributed by atoms with Crippen molar-refractivity contribution in [2.24, 2.45) is 23.2 Å². The average Bonchev–Trinajstić information content (AvgIpc) is 3.67. The number of carbonyl (C=O) groups excluding carboxylic acids is 1. The Morgan fingerprint density at radius 2 is 1.60 bits per heavy atom. The van der Waals surface area contributed by atoms with E-state index < -0.39 is 34.5 Å². The Balaban J connectivity index is 1.53. The molecule has 0 aromatic heterocycles. The van der Waals surface area contributed by atoms with E-state index in [0.29, 0.717) is 30.6 Å². The first kappa shape index (κ1) is 41.3. The topological polar surface area (TPSA) is 74.2 Å². The maximum absolute atomic E-state index is 12.0. The fraction of sp³-hybridized carbons (Fsp3) is 0.786. The van der Waals surface area contributed by atoms with E-state index in [1.807, 2.05) is 6.08 Å². The summed E-state index contributed by atoms with van der Waals surface area (Å²) in [5, 5.41) is 11.3. The van der Waals surface area contributed by atoms with Crippen LogP contribution in [0.3, 0.4) is 0 Å². The first-order valence-corrected chi connectivity index (χ1v) is 25.4. The summed E-state index contributed by atoms with van der Waals surface area (Å²) in [4.78, 5) is 12.0. The molecule has 4 aliphatic carbocycles. The number of carbonyl (C=O) groups is 1. The second-order valence-electron chi connectivity index (χ2n) is 19.4. The van der Waals surface area contributed by atoms with Crippen LogP contribution in [0.1, 0.15) is 120 Å². The van der Waals surface area contributed by atoms with E-state index in [9.17, 15) is 9.90 Å². The molecule has 284 valence electrons. The first-order chi connectivity index (χ1) is 23.0. The van der Waals surface area contributed by atoms with Crippen LogP contribution in [0.2, 0.25) is 36.3 Å². The highest BCUT2D eigenvalue weighted by Gasteiger charge is 2.54. The normalized spacial score (nSPS) is 31.9. The van der Waals surface area contributed by atoms with Crippen LogP contribution in [0.4, 0.5) is 4.79 Å². The summed E-state index contributed by atoms with van der Waals surface area (Å²) in [5.41, 5.74) is 3.39. The van der Waals surface area contributed by atoms with Crippen LogP contribution in [0.5, 0.6) is 0 Å². The largest absolute Gasteiger partial charge is 0.508 e. The van der Waals surface area contributed by atoms with Crippen LogP contribution in [0.15, 0.2) is 47.6 Å². The molecule has 0 bridgehead atoms. The Morgan fingerprint density at radius 3 is 2.18 bits per heavy atom. The lowest BCUT2D eigenvalue weighted by Gasteiger charge is -2.45. The van der Waals surface area contributed by atoms with Gasteiger partial charge in [0.25, 0.3) is 0 Å².